The van der Waals surface area contributed by atoms with E-state index in [-0.39, 0.29) is 0 Å². The minimum absolute atomic E-state index is 0.592. The second kappa shape index (κ2) is 5.67. The predicted molar refractivity (Wildman–Crippen MR) is 88.9 cm³/mol. The summed E-state index contributed by atoms with van der Waals surface area (Å²) in [4.78, 5) is 0. The van der Waals surface area contributed by atoms with Crippen molar-refractivity contribution in [2.75, 3.05) is 13.1 Å². The van der Waals surface area contributed by atoms with Crippen molar-refractivity contribution in [3.63, 3.8) is 0 Å². The van der Waals surface area contributed by atoms with E-state index in [4.69, 9.17) is 0 Å². The van der Waals surface area contributed by atoms with Gasteiger partial charge >= 0.3 is 6.18 Å². The molecule has 1 aromatic heterocycles. The van der Waals surface area contributed by atoms with E-state index < -0.39 is 11.7 Å². The third kappa shape index (κ3) is 2.69. The van der Waals surface area contributed by atoms with Crippen LogP contribution in [0.25, 0.3) is 22.0 Å². The third-order valence-corrected chi connectivity index (χ3v) is 4.58. The summed E-state index contributed by atoms with van der Waals surface area (Å²) >= 11 is 0. The summed E-state index contributed by atoms with van der Waals surface area (Å²) in [5.41, 5.74) is 3.15. The molecule has 24 heavy (non-hydrogen) atoms. The van der Waals surface area contributed by atoms with Crippen molar-refractivity contribution in [2.24, 2.45) is 0 Å². The third-order valence-electron chi connectivity index (χ3n) is 4.58. The van der Waals surface area contributed by atoms with Crippen molar-refractivity contribution in [1.82, 2.24) is 9.88 Å². The second-order valence-electron chi connectivity index (χ2n) is 6.14. The van der Waals surface area contributed by atoms with Crippen LogP contribution in [-0.2, 0) is 19.1 Å². The first-order valence-electron chi connectivity index (χ1n) is 8.03. The Balaban J connectivity index is 1.82. The summed E-state index contributed by atoms with van der Waals surface area (Å²) in [6, 6.07) is 13.6. The van der Waals surface area contributed by atoms with E-state index in [1.165, 1.54) is 17.8 Å². The molecule has 5 heteroatoms. The van der Waals surface area contributed by atoms with Crippen LogP contribution in [0.4, 0.5) is 13.2 Å². The maximum absolute atomic E-state index is 12.9. The van der Waals surface area contributed by atoms with Crippen LogP contribution in [0.1, 0.15) is 11.3 Å². The molecule has 1 aliphatic rings. The van der Waals surface area contributed by atoms with Gasteiger partial charge in [-0.1, -0.05) is 24.3 Å². The summed E-state index contributed by atoms with van der Waals surface area (Å²) < 4.78 is 41.1. The Kier molecular flexibility index (Phi) is 3.61. The highest BCUT2D eigenvalue weighted by Crippen LogP contribution is 2.33. The highest BCUT2D eigenvalue weighted by atomic mass is 19.4. The molecule has 0 amide bonds. The van der Waals surface area contributed by atoms with E-state index in [1.54, 1.807) is 6.07 Å². The molecule has 0 atom stereocenters. The molecule has 2 heterocycles. The molecule has 2 aromatic carbocycles. The SMILES string of the molecule is FC(F)(F)c1cccc(-c2ccc3cc4n(c3c2)CCNCC4)c1. The fourth-order valence-corrected chi connectivity index (χ4v) is 3.37. The minimum Gasteiger partial charge on any atom is -0.343 e. The summed E-state index contributed by atoms with van der Waals surface area (Å²) in [7, 11) is 0. The van der Waals surface area contributed by atoms with E-state index in [0.717, 1.165) is 48.6 Å². The van der Waals surface area contributed by atoms with Crippen LogP contribution in [0, 0.1) is 0 Å². The molecule has 0 aliphatic carbocycles. The summed E-state index contributed by atoms with van der Waals surface area (Å²) in [6.45, 7) is 2.74. The number of rotatable bonds is 1. The molecule has 124 valence electrons. The number of nitrogens with zero attached hydrogens (tertiary/aromatic N) is 1. The molecule has 0 radical (unpaired) electrons. The largest absolute Gasteiger partial charge is 0.416 e. The standard InChI is InChI=1S/C19H17F3N2/c20-19(21,22)16-3-1-2-13(10-16)14-4-5-15-11-17-6-7-23-8-9-24(17)18(15)12-14/h1-5,10-12,23H,6-9H2. The molecule has 1 aliphatic heterocycles. The van der Waals surface area contributed by atoms with Crippen LogP contribution >= 0.6 is 0 Å². The van der Waals surface area contributed by atoms with Crippen LogP contribution in [0.2, 0.25) is 0 Å². The van der Waals surface area contributed by atoms with Crippen molar-refractivity contribution < 1.29 is 13.2 Å². The van der Waals surface area contributed by atoms with E-state index in [1.807, 2.05) is 18.2 Å². The highest BCUT2D eigenvalue weighted by Gasteiger charge is 2.30. The van der Waals surface area contributed by atoms with Crippen LogP contribution in [0.5, 0.6) is 0 Å². The summed E-state index contributed by atoms with van der Waals surface area (Å²) in [5, 5.41) is 4.51. The van der Waals surface area contributed by atoms with Crippen molar-refractivity contribution in [2.45, 2.75) is 19.1 Å². The lowest BCUT2D eigenvalue weighted by Gasteiger charge is -2.10. The van der Waals surface area contributed by atoms with Gasteiger partial charge in [-0.25, -0.2) is 0 Å². The van der Waals surface area contributed by atoms with E-state index in [9.17, 15) is 13.2 Å². The Morgan fingerprint density at radius 3 is 2.58 bits per heavy atom. The van der Waals surface area contributed by atoms with Crippen molar-refractivity contribution in [3.8, 4) is 11.1 Å². The molecule has 1 N–H and O–H groups in total. The second-order valence-corrected chi connectivity index (χ2v) is 6.14. The zero-order chi connectivity index (χ0) is 16.7. The highest BCUT2D eigenvalue weighted by molar-refractivity contribution is 5.86. The minimum atomic E-state index is -4.32. The van der Waals surface area contributed by atoms with Crippen molar-refractivity contribution in [3.05, 3.63) is 59.8 Å². The molecule has 0 unspecified atom stereocenters. The normalized spacial score (nSPS) is 15.3. The number of halogens is 3. The lowest BCUT2D eigenvalue weighted by atomic mass is 10.0. The fourth-order valence-electron chi connectivity index (χ4n) is 3.37. The van der Waals surface area contributed by atoms with Crippen LogP contribution in [0.15, 0.2) is 48.5 Å². The van der Waals surface area contributed by atoms with Gasteiger partial charge in [0, 0.05) is 37.3 Å². The van der Waals surface area contributed by atoms with Gasteiger partial charge in [0.1, 0.15) is 0 Å². The first-order valence-corrected chi connectivity index (χ1v) is 8.03. The van der Waals surface area contributed by atoms with Gasteiger partial charge < -0.3 is 9.88 Å². The Bertz CT molecular complexity index is 893. The molecule has 0 fully saturated rings. The first kappa shape index (κ1) is 15.3. The van der Waals surface area contributed by atoms with Gasteiger partial charge in [-0.3, -0.25) is 0 Å². The lowest BCUT2D eigenvalue weighted by Crippen LogP contribution is -2.17. The smallest absolute Gasteiger partial charge is 0.343 e. The molecule has 0 bridgehead atoms. The summed E-state index contributed by atoms with van der Waals surface area (Å²) in [5.74, 6) is 0. The molecular formula is C19H17F3N2. The molecule has 0 spiro atoms. The maximum atomic E-state index is 12.9. The molecule has 4 rings (SSSR count). The van der Waals surface area contributed by atoms with Crippen molar-refractivity contribution >= 4 is 10.9 Å². The van der Waals surface area contributed by atoms with Crippen molar-refractivity contribution in [1.29, 1.82) is 0 Å². The van der Waals surface area contributed by atoms with Gasteiger partial charge in [-0.2, -0.15) is 13.2 Å². The Labute approximate surface area is 137 Å². The number of benzene rings is 2. The molecule has 2 nitrogen and oxygen atoms in total. The zero-order valence-electron chi connectivity index (χ0n) is 13.0. The monoisotopic (exact) mass is 330 g/mol. The number of fused-ring (bicyclic) bond motifs is 3. The Morgan fingerprint density at radius 2 is 1.75 bits per heavy atom. The van der Waals surface area contributed by atoms with Gasteiger partial charge in [-0.05, 0) is 40.8 Å². The topological polar surface area (TPSA) is 17.0 Å². The first-order chi connectivity index (χ1) is 11.5. The molecule has 3 aromatic rings. The van der Waals surface area contributed by atoms with Crippen LogP contribution < -0.4 is 5.32 Å². The van der Waals surface area contributed by atoms with E-state index in [0.29, 0.717) is 5.56 Å². The quantitative estimate of drug-likeness (QED) is 0.696. The van der Waals surface area contributed by atoms with E-state index in [2.05, 4.69) is 16.0 Å². The van der Waals surface area contributed by atoms with Gasteiger partial charge in [0.15, 0.2) is 0 Å². The van der Waals surface area contributed by atoms with Crippen LogP contribution in [0.3, 0.4) is 0 Å². The molecule has 0 saturated carbocycles. The Morgan fingerprint density at radius 1 is 0.917 bits per heavy atom. The zero-order valence-corrected chi connectivity index (χ0v) is 13.0. The van der Waals surface area contributed by atoms with Crippen LogP contribution in [-0.4, -0.2) is 17.7 Å². The van der Waals surface area contributed by atoms with Gasteiger partial charge in [0.2, 0.25) is 0 Å². The lowest BCUT2D eigenvalue weighted by molar-refractivity contribution is -0.137. The number of alkyl halides is 3. The summed E-state index contributed by atoms with van der Waals surface area (Å²) in [6.07, 6.45) is -3.36. The fraction of sp³-hybridized carbons (Fsp3) is 0.263. The predicted octanol–water partition coefficient (Wildman–Crippen LogP) is 4.47. The Hall–Kier alpha value is -2.27. The van der Waals surface area contributed by atoms with Gasteiger partial charge in [0.25, 0.3) is 0 Å². The number of hydrogen-bond donors (Lipinski definition) is 1. The van der Waals surface area contributed by atoms with E-state index >= 15 is 0 Å². The van der Waals surface area contributed by atoms with Gasteiger partial charge in [0.05, 0.1) is 5.56 Å². The number of aromatic nitrogens is 1. The average molecular weight is 330 g/mol. The maximum Gasteiger partial charge on any atom is 0.416 e. The number of hydrogen-bond acceptors (Lipinski definition) is 1. The van der Waals surface area contributed by atoms with Gasteiger partial charge in [-0.15, -0.1) is 0 Å². The number of nitrogens with one attached hydrogen (secondary N) is 1. The molecule has 0 saturated heterocycles. The molecular weight excluding hydrogens is 313 g/mol. The average Bonchev–Trinajstić information content (AvgIpc) is 2.74.